The molecule has 130 valence electrons. The Hall–Kier alpha value is -1.46. The van der Waals surface area contributed by atoms with Crippen molar-refractivity contribution in [3.8, 4) is 11.3 Å². The van der Waals surface area contributed by atoms with Gasteiger partial charge in [0.15, 0.2) is 0 Å². The number of nitrogens with zero attached hydrogens (tertiary/aromatic N) is 2. The molecule has 3 rings (SSSR count). The zero-order chi connectivity index (χ0) is 18.4. The predicted molar refractivity (Wildman–Crippen MR) is 116 cm³/mol. The van der Waals surface area contributed by atoms with Crippen LogP contribution in [0.15, 0.2) is 42.7 Å². The second-order valence-electron chi connectivity index (χ2n) is 8.98. The molecule has 0 fully saturated rings. The number of aryl methyl sites for hydroxylation is 1. The summed E-state index contributed by atoms with van der Waals surface area (Å²) in [7, 11) is -1.31. The number of aromatic nitrogens is 2. The fourth-order valence-electron chi connectivity index (χ4n) is 3.41. The van der Waals surface area contributed by atoms with Crippen molar-refractivity contribution in [1.29, 1.82) is 0 Å². The molecule has 25 heavy (non-hydrogen) atoms. The average Bonchev–Trinajstić information content (AvgIpc) is 2.51. The number of benzene rings is 2. The van der Waals surface area contributed by atoms with Gasteiger partial charge in [0.25, 0.3) is 0 Å². The van der Waals surface area contributed by atoms with E-state index in [4.69, 9.17) is 0 Å². The standard InChI is InChI=1S/C21H28GeN2Si/c1-15-12-16(8-11-20(15)25(5,6)7)21-18-10-9-17(22(2,3)4)13-19(18)23-14-24-21/h8-14H,1-7H3. The molecule has 0 spiro atoms. The van der Waals surface area contributed by atoms with E-state index in [1.165, 1.54) is 20.7 Å². The van der Waals surface area contributed by atoms with Gasteiger partial charge in [0.05, 0.1) is 0 Å². The van der Waals surface area contributed by atoms with Crippen LogP contribution in [0.25, 0.3) is 22.2 Å². The zero-order valence-electron chi connectivity index (χ0n) is 16.4. The second-order valence-corrected chi connectivity index (χ2v) is 24.7. The summed E-state index contributed by atoms with van der Waals surface area (Å²) in [5.41, 5.74) is 4.68. The van der Waals surface area contributed by atoms with Crippen LogP contribution in [-0.4, -0.2) is 31.3 Å². The Morgan fingerprint density at radius 1 is 0.880 bits per heavy atom. The van der Waals surface area contributed by atoms with Crippen molar-refractivity contribution in [2.45, 2.75) is 43.8 Å². The molecule has 3 aromatic rings. The van der Waals surface area contributed by atoms with Crippen LogP contribution in [0, 0.1) is 6.92 Å². The van der Waals surface area contributed by atoms with Gasteiger partial charge in [0.2, 0.25) is 0 Å². The van der Waals surface area contributed by atoms with Gasteiger partial charge < -0.3 is 0 Å². The average molecular weight is 409 g/mol. The Kier molecular flexibility index (Phi) is 4.67. The Balaban J connectivity index is 2.15. The van der Waals surface area contributed by atoms with E-state index in [-0.39, 0.29) is 0 Å². The van der Waals surface area contributed by atoms with Crippen LogP contribution in [-0.2, 0) is 0 Å². The Bertz CT molecular complexity index is 937. The van der Waals surface area contributed by atoms with Gasteiger partial charge in [-0.1, -0.05) is 0 Å². The molecule has 0 radical (unpaired) electrons. The molecule has 2 nitrogen and oxygen atoms in total. The molecule has 0 aliphatic carbocycles. The van der Waals surface area contributed by atoms with Crippen LogP contribution >= 0.6 is 0 Å². The summed E-state index contributed by atoms with van der Waals surface area (Å²) in [5, 5.41) is 2.68. The fourth-order valence-corrected chi connectivity index (χ4v) is 7.66. The SMILES string of the molecule is Cc1cc(-c2ncnc3c[c]([Ge]([CH3])([CH3])[CH3])ccc23)ccc1[Si](C)(C)C. The maximum absolute atomic E-state index is 4.62. The van der Waals surface area contributed by atoms with Crippen LogP contribution in [0.3, 0.4) is 0 Å². The summed E-state index contributed by atoms with van der Waals surface area (Å²) in [6.07, 6.45) is 1.71. The second kappa shape index (κ2) is 6.36. The number of hydrogen-bond acceptors (Lipinski definition) is 2. The first kappa shape index (κ1) is 18.3. The van der Waals surface area contributed by atoms with Crippen molar-refractivity contribution < 1.29 is 0 Å². The van der Waals surface area contributed by atoms with E-state index in [1.54, 1.807) is 6.33 Å². The van der Waals surface area contributed by atoms with E-state index in [0.29, 0.717) is 0 Å². The minimum absolute atomic E-state index is 1.04. The van der Waals surface area contributed by atoms with E-state index in [0.717, 1.165) is 16.6 Å². The first-order valence-corrected chi connectivity index (χ1v) is 19.8. The van der Waals surface area contributed by atoms with Crippen molar-refractivity contribution in [2.24, 2.45) is 0 Å². The van der Waals surface area contributed by atoms with Crippen LogP contribution < -0.4 is 9.58 Å². The van der Waals surface area contributed by atoms with Crippen molar-refractivity contribution >= 4 is 41.8 Å². The van der Waals surface area contributed by atoms with Crippen LogP contribution in [0.4, 0.5) is 0 Å². The molecular formula is C21H28GeN2Si. The number of rotatable bonds is 3. The molecule has 1 aromatic heterocycles. The van der Waals surface area contributed by atoms with E-state index in [2.05, 4.69) is 90.2 Å². The topological polar surface area (TPSA) is 25.8 Å². The van der Waals surface area contributed by atoms with Crippen LogP contribution in [0.2, 0.25) is 36.9 Å². The van der Waals surface area contributed by atoms with Gasteiger partial charge in [-0.05, 0) is 0 Å². The number of hydrogen-bond donors (Lipinski definition) is 0. The van der Waals surface area contributed by atoms with Crippen molar-refractivity contribution in [1.82, 2.24) is 9.97 Å². The molecule has 1 heterocycles. The monoisotopic (exact) mass is 410 g/mol. The van der Waals surface area contributed by atoms with E-state index in [1.807, 2.05) is 0 Å². The Morgan fingerprint density at radius 3 is 2.20 bits per heavy atom. The summed E-state index contributed by atoms with van der Waals surface area (Å²) in [6.45, 7) is 9.42. The third kappa shape index (κ3) is 3.72. The molecule has 2 aromatic carbocycles. The van der Waals surface area contributed by atoms with Gasteiger partial charge in [0.1, 0.15) is 0 Å². The van der Waals surface area contributed by atoms with Crippen molar-refractivity contribution in [3.63, 3.8) is 0 Å². The van der Waals surface area contributed by atoms with Gasteiger partial charge in [-0.3, -0.25) is 0 Å². The van der Waals surface area contributed by atoms with Gasteiger partial charge >= 0.3 is 155 Å². The minimum atomic E-state index is -1.85. The normalized spacial score (nSPS) is 12.6. The predicted octanol–water partition coefficient (Wildman–Crippen LogP) is 4.70. The van der Waals surface area contributed by atoms with E-state index >= 15 is 0 Å². The molecule has 0 aliphatic heterocycles. The summed E-state index contributed by atoms with van der Waals surface area (Å²) < 4.78 is 1.49. The van der Waals surface area contributed by atoms with Crippen LogP contribution in [0.5, 0.6) is 0 Å². The van der Waals surface area contributed by atoms with Crippen molar-refractivity contribution in [3.05, 3.63) is 48.3 Å². The molecule has 0 saturated heterocycles. The van der Waals surface area contributed by atoms with E-state index in [9.17, 15) is 0 Å². The molecule has 0 unspecified atom stereocenters. The molecule has 0 amide bonds. The molecule has 0 atom stereocenters. The quantitative estimate of drug-likeness (QED) is 0.587. The van der Waals surface area contributed by atoms with Gasteiger partial charge in [-0.15, -0.1) is 0 Å². The molecular weight excluding hydrogens is 381 g/mol. The summed E-state index contributed by atoms with van der Waals surface area (Å²) in [5.74, 6) is 7.26. The zero-order valence-corrected chi connectivity index (χ0v) is 19.5. The maximum atomic E-state index is 4.62. The molecule has 0 bridgehead atoms. The molecule has 0 saturated carbocycles. The molecule has 4 heteroatoms. The summed E-state index contributed by atoms with van der Waals surface area (Å²) in [4.78, 5) is 9.16. The molecule has 0 N–H and O–H groups in total. The number of fused-ring (bicyclic) bond motifs is 1. The van der Waals surface area contributed by atoms with Crippen LogP contribution in [0.1, 0.15) is 5.56 Å². The molecule has 0 aliphatic rings. The van der Waals surface area contributed by atoms with Gasteiger partial charge in [0, 0.05) is 0 Å². The third-order valence-corrected chi connectivity index (χ3v) is 11.3. The summed E-state index contributed by atoms with van der Waals surface area (Å²) in [6, 6.07) is 13.6. The third-order valence-electron chi connectivity index (χ3n) is 4.81. The Labute approximate surface area is 155 Å². The van der Waals surface area contributed by atoms with Crippen molar-refractivity contribution in [2.75, 3.05) is 0 Å². The first-order chi connectivity index (χ1) is 11.6. The summed E-state index contributed by atoms with van der Waals surface area (Å²) >= 11 is -1.85. The first-order valence-electron chi connectivity index (χ1n) is 8.94. The van der Waals surface area contributed by atoms with Gasteiger partial charge in [-0.25, -0.2) is 0 Å². The van der Waals surface area contributed by atoms with Gasteiger partial charge in [-0.2, -0.15) is 0 Å². The Morgan fingerprint density at radius 2 is 1.60 bits per heavy atom. The van der Waals surface area contributed by atoms with E-state index < -0.39 is 21.3 Å². The fraction of sp³-hybridized carbons (Fsp3) is 0.333.